The van der Waals surface area contributed by atoms with Crippen LogP contribution in [0.3, 0.4) is 0 Å². The molecule has 0 aromatic heterocycles. The third-order valence-corrected chi connectivity index (χ3v) is 1.88. The van der Waals surface area contributed by atoms with Crippen molar-refractivity contribution in [2.24, 2.45) is 11.8 Å². The van der Waals surface area contributed by atoms with Crippen molar-refractivity contribution < 1.29 is 14.4 Å². The standard InChI is InChI=1S/C7H8O3/c8-3-5-1-2-7(10)6(5)4-9/h3-6H,1-2H2. The van der Waals surface area contributed by atoms with Crippen molar-refractivity contribution >= 4 is 18.4 Å². The number of carbonyl (C=O) groups excluding carboxylic acids is 3. The van der Waals surface area contributed by atoms with E-state index in [1.807, 2.05) is 0 Å². The molecule has 0 saturated heterocycles. The van der Waals surface area contributed by atoms with Gasteiger partial charge in [-0.15, -0.1) is 0 Å². The summed E-state index contributed by atoms with van der Waals surface area (Å²) < 4.78 is 0. The molecule has 10 heavy (non-hydrogen) atoms. The van der Waals surface area contributed by atoms with Crippen LogP contribution in [0.25, 0.3) is 0 Å². The van der Waals surface area contributed by atoms with Crippen LogP contribution >= 0.6 is 0 Å². The molecule has 0 spiro atoms. The molecule has 1 fully saturated rings. The average Bonchev–Trinajstić information content (AvgIpc) is 2.30. The van der Waals surface area contributed by atoms with Gasteiger partial charge in [0, 0.05) is 12.3 Å². The SMILES string of the molecule is O=CC1CCC(=O)C1C=O. The first-order valence-electron chi connectivity index (χ1n) is 3.23. The van der Waals surface area contributed by atoms with Gasteiger partial charge in [-0.2, -0.15) is 0 Å². The fourth-order valence-electron chi connectivity index (χ4n) is 1.22. The lowest BCUT2D eigenvalue weighted by Crippen LogP contribution is -2.16. The van der Waals surface area contributed by atoms with Crippen LogP contribution < -0.4 is 0 Å². The van der Waals surface area contributed by atoms with E-state index in [2.05, 4.69) is 0 Å². The van der Waals surface area contributed by atoms with E-state index in [-0.39, 0.29) is 11.7 Å². The van der Waals surface area contributed by atoms with Crippen molar-refractivity contribution in [1.29, 1.82) is 0 Å². The van der Waals surface area contributed by atoms with Crippen molar-refractivity contribution in [3.05, 3.63) is 0 Å². The second-order valence-corrected chi connectivity index (χ2v) is 2.47. The minimum atomic E-state index is -0.641. The van der Waals surface area contributed by atoms with E-state index < -0.39 is 5.92 Å². The lowest BCUT2D eigenvalue weighted by molar-refractivity contribution is -0.128. The molecule has 0 N–H and O–H groups in total. The van der Waals surface area contributed by atoms with Crippen LogP contribution in [0.4, 0.5) is 0 Å². The summed E-state index contributed by atoms with van der Waals surface area (Å²) in [4.78, 5) is 31.2. The topological polar surface area (TPSA) is 51.2 Å². The highest BCUT2D eigenvalue weighted by atomic mass is 16.1. The van der Waals surface area contributed by atoms with Gasteiger partial charge in [0.15, 0.2) is 0 Å². The molecule has 1 aliphatic carbocycles. The van der Waals surface area contributed by atoms with Gasteiger partial charge in [0.2, 0.25) is 0 Å². The van der Waals surface area contributed by atoms with Crippen LogP contribution in [0.5, 0.6) is 0 Å². The van der Waals surface area contributed by atoms with E-state index in [0.29, 0.717) is 25.4 Å². The lowest BCUT2D eigenvalue weighted by atomic mass is 9.99. The predicted molar refractivity (Wildman–Crippen MR) is 33.3 cm³/mol. The number of hydrogen-bond acceptors (Lipinski definition) is 3. The molecule has 3 heteroatoms. The van der Waals surface area contributed by atoms with E-state index in [1.165, 1.54) is 0 Å². The molecule has 1 rings (SSSR count). The highest BCUT2D eigenvalue weighted by Crippen LogP contribution is 2.24. The summed E-state index contributed by atoms with van der Waals surface area (Å²) in [7, 11) is 0. The van der Waals surface area contributed by atoms with Crippen LogP contribution in [0, 0.1) is 11.8 Å². The summed E-state index contributed by atoms with van der Waals surface area (Å²) in [5.41, 5.74) is 0. The maximum absolute atomic E-state index is 10.8. The molecule has 0 bridgehead atoms. The first kappa shape index (κ1) is 7.12. The maximum Gasteiger partial charge on any atom is 0.143 e. The molecule has 0 aliphatic heterocycles. The number of aldehydes is 2. The van der Waals surface area contributed by atoms with Crippen molar-refractivity contribution in [2.75, 3.05) is 0 Å². The number of ketones is 1. The van der Waals surface area contributed by atoms with Gasteiger partial charge in [0.05, 0.1) is 5.92 Å². The van der Waals surface area contributed by atoms with Crippen LogP contribution in [0.15, 0.2) is 0 Å². The van der Waals surface area contributed by atoms with Crippen LogP contribution in [-0.2, 0) is 14.4 Å². The van der Waals surface area contributed by atoms with Gasteiger partial charge in [-0.3, -0.25) is 4.79 Å². The molecule has 0 radical (unpaired) electrons. The first-order chi connectivity index (χ1) is 4.79. The minimum absolute atomic E-state index is 0.0906. The second kappa shape index (κ2) is 2.73. The Morgan fingerprint density at radius 2 is 2.00 bits per heavy atom. The quantitative estimate of drug-likeness (QED) is 0.400. The number of rotatable bonds is 2. The Kier molecular flexibility index (Phi) is 1.94. The lowest BCUT2D eigenvalue weighted by Gasteiger charge is -2.01. The van der Waals surface area contributed by atoms with E-state index in [1.54, 1.807) is 0 Å². The van der Waals surface area contributed by atoms with Crippen molar-refractivity contribution in [2.45, 2.75) is 12.8 Å². The highest BCUT2D eigenvalue weighted by Gasteiger charge is 2.33. The fourth-order valence-corrected chi connectivity index (χ4v) is 1.22. The summed E-state index contributed by atoms with van der Waals surface area (Å²) in [5.74, 6) is -1.07. The molecule has 0 heterocycles. The minimum Gasteiger partial charge on any atom is -0.303 e. The molecular weight excluding hydrogens is 132 g/mol. The highest BCUT2D eigenvalue weighted by molar-refractivity contribution is 5.98. The van der Waals surface area contributed by atoms with Gasteiger partial charge in [0.1, 0.15) is 18.4 Å². The summed E-state index contributed by atoms with van der Waals surface area (Å²) in [6.45, 7) is 0. The molecule has 0 aromatic rings. The van der Waals surface area contributed by atoms with E-state index in [0.717, 1.165) is 0 Å². The summed E-state index contributed by atoms with van der Waals surface area (Å²) in [6, 6.07) is 0. The molecule has 2 atom stereocenters. The zero-order valence-electron chi connectivity index (χ0n) is 5.45. The van der Waals surface area contributed by atoms with Gasteiger partial charge >= 0.3 is 0 Å². The molecule has 1 saturated carbocycles. The molecule has 2 unspecified atom stereocenters. The van der Waals surface area contributed by atoms with Crippen LogP contribution in [0.1, 0.15) is 12.8 Å². The number of carbonyl (C=O) groups is 3. The Bertz CT molecular complexity index is 174. The Labute approximate surface area is 58.4 Å². The van der Waals surface area contributed by atoms with Crippen molar-refractivity contribution in [3.8, 4) is 0 Å². The Balaban J connectivity index is 2.71. The third-order valence-electron chi connectivity index (χ3n) is 1.88. The summed E-state index contributed by atoms with van der Waals surface area (Å²) in [6.07, 6.45) is 2.21. The van der Waals surface area contributed by atoms with Crippen molar-refractivity contribution in [3.63, 3.8) is 0 Å². The van der Waals surface area contributed by atoms with Gasteiger partial charge in [-0.25, -0.2) is 0 Å². The molecule has 0 aromatic carbocycles. The van der Waals surface area contributed by atoms with Crippen LogP contribution in [0.2, 0.25) is 0 Å². The molecular formula is C7H8O3. The smallest absolute Gasteiger partial charge is 0.143 e. The zero-order valence-corrected chi connectivity index (χ0v) is 5.45. The van der Waals surface area contributed by atoms with Crippen molar-refractivity contribution in [1.82, 2.24) is 0 Å². The first-order valence-corrected chi connectivity index (χ1v) is 3.23. The number of Topliss-reactive ketones (excluding diaryl/α,β-unsaturated/α-hetero) is 1. The monoisotopic (exact) mass is 140 g/mol. The normalized spacial score (nSPS) is 32.2. The molecule has 0 amide bonds. The van der Waals surface area contributed by atoms with Gasteiger partial charge in [-0.1, -0.05) is 0 Å². The Morgan fingerprint density at radius 3 is 2.40 bits per heavy atom. The molecule has 54 valence electrons. The average molecular weight is 140 g/mol. The van der Waals surface area contributed by atoms with E-state index >= 15 is 0 Å². The fraction of sp³-hybridized carbons (Fsp3) is 0.571. The third kappa shape index (κ3) is 0.988. The Hall–Kier alpha value is -0.990. The van der Waals surface area contributed by atoms with E-state index in [4.69, 9.17) is 0 Å². The summed E-state index contributed by atoms with van der Waals surface area (Å²) >= 11 is 0. The summed E-state index contributed by atoms with van der Waals surface area (Å²) in [5, 5.41) is 0. The maximum atomic E-state index is 10.8. The van der Waals surface area contributed by atoms with Gasteiger partial charge in [-0.05, 0) is 6.42 Å². The molecule has 3 nitrogen and oxygen atoms in total. The van der Waals surface area contributed by atoms with Crippen LogP contribution in [-0.4, -0.2) is 18.4 Å². The van der Waals surface area contributed by atoms with Gasteiger partial charge in [0.25, 0.3) is 0 Å². The largest absolute Gasteiger partial charge is 0.303 e. The second-order valence-electron chi connectivity index (χ2n) is 2.47. The number of hydrogen-bond donors (Lipinski definition) is 0. The predicted octanol–water partition coefficient (Wildman–Crippen LogP) is -0.0205. The van der Waals surface area contributed by atoms with Gasteiger partial charge < -0.3 is 9.59 Å². The zero-order chi connectivity index (χ0) is 7.56. The van der Waals surface area contributed by atoms with E-state index in [9.17, 15) is 14.4 Å². The molecule has 1 aliphatic rings. The Morgan fingerprint density at radius 1 is 1.30 bits per heavy atom.